The summed E-state index contributed by atoms with van der Waals surface area (Å²) in [5, 5.41) is 0. The molecule has 0 radical (unpaired) electrons. The molecule has 61 heteroatoms. The fraction of sp³-hybridized carbons (Fsp3) is 0.846. The van der Waals surface area contributed by atoms with Gasteiger partial charge in [0.1, 0.15) is 0 Å². The van der Waals surface area contributed by atoms with Crippen molar-refractivity contribution in [2.24, 2.45) is 0 Å². The Labute approximate surface area is 882 Å². The molecule has 0 heterocycles. The van der Waals surface area contributed by atoms with Gasteiger partial charge in [-0.3, -0.25) is 0 Å². The van der Waals surface area contributed by atoms with E-state index in [2.05, 4.69) is 467 Å². The molecule has 820 valence electrons. The Morgan fingerprint density at radius 3 is 0.331 bits per heavy atom. The number of benzene rings is 2. The van der Waals surface area contributed by atoms with Gasteiger partial charge < -0.3 is 123 Å². The number of hydrogen-bond acceptors (Lipinski definition) is 30. The first-order valence-electron chi connectivity index (χ1n) is 49.5. The molecule has 0 saturated heterocycles. The van der Waals surface area contributed by atoms with E-state index < -0.39 is 265 Å². The minimum absolute atomic E-state index is 0.753. The average Bonchev–Trinajstić information content (AvgIpc) is 0.797. The normalized spacial score (nSPS) is 16.5. The lowest BCUT2D eigenvalue weighted by Crippen LogP contribution is -2.63. The van der Waals surface area contributed by atoms with Gasteiger partial charge in [-0.2, -0.15) is 0 Å². The number of rotatable bonds is 66. The van der Waals surface area contributed by atoms with Crippen LogP contribution in [-0.4, -0.2) is 265 Å². The van der Waals surface area contributed by atoms with Crippen molar-refractivity contribution in [3.63, 3.8) is 0 Å². The molecule has 0 saturated carbocycles. The second-order valence-electron chi connectivity index (χ2n) is 51.3. The molecule has 0 aliphatic heterocycles. The predicted octanol–water partition coefficient (Wildman–Crippen LogP) is 26.7. The molecule has 0 N–H and O–H groups in total. The topological polar surface area (TPSA) is 277 Å². The minimum Gasteiger partial charge on any atom is -0.437 e. The highest BCUT2D eigenvalue weighted by molar-refractivity contribution is 6.99. The van der Waals surface area contributed by atoms with Gasteiger partial charge in [-0.05, 0) is 442 Å². The second kappa shape index (κ2) is 49.0. The molecule has 0 aliphatic carbocycles. The first kappa shape index (κ1) is 139. The zero-order valence-electron chi connectivity index (χ0n) is 99.3. The fourth-order valence-corrected chi connectivity index (χ4v) is 181. The van der Waals surface area contributed by atoms with Crippen molar-refractivity contribution < 1.29 is 123 Å². The standard InChI is InChI=1S/C78H204O30Si31/c1-109(2,3)79-111(7,8)81-112(9,10)82-113(11,12)83-114(13,14)84-115(15,16)85-116(17,18)86-117(19,20)87-118(21,22)88-119(23,24)89-120(25,26)90-121(27,28)91-122(29,30)92-123(31,32)93-124(33,34)94-125(35,36)95-126(37,38)96-127(39,40)97-128(41,42)98-129(43,44)99-130(45,46)100-131(47,48)101-132(49,50)102-133(51,52)103-134(53,54)104-135(55,56)105-136(57,58)106-137(59,60)107-139(62,76-74-78-71-67-64-68-72-78)108-138(61,80-110(4,5)6)75-73-77-69-65-63-66-70-77/h63-72H,73-76H2,1-62H3. The Hall–Kier alpha value is 3.96. The maximum absolute atomic E-state index is 7.54. The first-order chi connectivity index (χ1) is 60.4. The lowest BCUT2D eigenvalue weighted by Gasteiger charge is -2.46. The Kier molecular flexibility index (Phi) is 49.0. The van der Waals surface area contributed by atoms with E-state index in [-0.39, 0.29) is 0 Å². The highest BCUT2D eigenvalue weighted by atomic mass is 28.6. The minimum atomic E-state index is -3.00. The molecule has 0 aliphatic rings. The van der Waals surface area contributed by atoms with Gasteiger partial charge in [-0.25, -0.2) is 0 Å². The van der Waals surface area contributed by atoms with Crippen LogP contribution in [0.15, 0.2) is 60.7 Å². The van der Waals surface area contributed by atoms with E-state index in [0.717, 1.165) is 24.9 Å². The van der Waals surface area contributed by atoms with Crippen LogP contribution in [0.4, 0.5) is 0 Å². The Morgan fingerprint density at radius 1 is 0.115 bits per heavy atom. The highest BCUT2D eigenvalue weighted by Crippen LogP contribution is 2.40. The van der Waals surface area contributed by atoms with E-state index in [4.69, 9.17) is 123 Å². The summed E-state index contributed by atoms with van der Waals surface area (Å²) in [6.45, 7) is 129. The van der Waals surface area contributed by atoms with Crippen LogP contribution in [0, 0.1) is 0 Å². The zero-order chi connectivity index (χ0) is 110. The number of hydrogen-bond donors (Lipinski definition) is 0. The smallest absolute Gasteiger partial charge is 0.317 e. The molecule has 0 amide bonds. The maximum Gasteiger partial charge on any atom is 0.317 e. The molecule has 0 aromatic heterocycles. The average molecular weight is 2490 g/mol. The molecule has 2 unspecified atom stereocenters. The molecule has 0 spiro atoms. The summed E-state index contributed by atoms with van der Waals surface area (Å²) in [5.74, 6) is 0. The van der Waals surface area contributed by atoms with Gasteiger partial charge in [-0.15, -0.1) is 0 Å². The molecule has 0 fully saturated rings. The summed E-state index contributed by atoms with van der Waals surface area (Å²) in [6.07, 6.45) is 1.69. The summed E-state index contributed by atoms with van der Waals surface area (Å²) in [7, 11) is -87.8. The van der Waals surface area contributed by atoms with Gasteiger partial charge in [-0.1, -0.05) is 60.7 Å². The largest absolute Gasteiger partial charge is 0.437 e. The van der Waals surface area contributed by atoms with Crippen molar-refractivity contribution in [3.8, 4) is 0 Å². The van der Waals surface area contributed by atoms with Crippen LogP contribution in [0.2, 0.25) is 418 Å². The molecule has 2 rings (SSSR count). The third kappa shape index (κ3) is 61.9. The van der Waals surface area contributed by atoms with Crippen LogP contribution in [-0.2, 0) is 136 Å². The van der Waals surface area contributed by atoms with Crippen molar-refractivity contribution >= 4 is 265 Å². The maximum atomic E-state index is 7.54. The summed E-state index contributed by atoms with van der Waals surface area (Å²) in [5.41, 5.74) is 2.52. The van der Waals surface area contributed by atoms with Crippen molar-refractivity contribution in [3.05, 3.63) is 71.8 Å². The van der Waals surface area contributed by atoms with Gasteiger partial charge in [0.05, 0.1) is 0 Å². The predicted molar refractivity (Wildman–Crippen MR) is 644 cm³/mol. The molecule has 2 aromatic carbocycles. The van der Waals surface area contributed by atoms with E-state index in [1.165, 1.54) is 11.1 Å². The van der Waals surface area contributed by atoms with Crippen molar-refractivity contribution in [2.45, 2.75) is 431 Å². The van der Waals surface area contributed by atoms with Crippen LogP contribution in [0.5, 0.6) is 0 Å². The molecular formula is C78H204O30Si31. The molecule has 139 heavy (non-hydrogen) atoms. The van der Waals surface area contributed by atoms with Gasteiger partial charge in [0, 0.05) is 0 Å². The highest BCUT2D eigenvalue weighted by Gasteiger charge is 2.59. The van der Waals surface area contributed by atoms with Gasteiger partial charge >= 0.3 is 248 Å². The Bertz CT molecular complexity index is 4070. The molecule has 30 nitrogen and oxygen atoms in total. The SMILES string of the molecule is C[Si](C)(C)O[Si](C)(C)O[Si](C)(C)O[Si](C)(C)O[Si](C)(C)O[Si](C)(C)O[Si](C)(C)O[Si](C)(C)O[Si](C)(C)O[Si](C)(C)O[Si](C)(C)O[Si](C)(C)O[Si](C)(C)O[Si](C)(C)O[Si](C)(C)O[Si](C)(C)O[Si](C)(C)O[Si](C)(C)O[Si](C)(C)O[Si](C)(C)O[Si](C)(C)O[Si](C)(C)O[Si](C)(C)O[Si](C)(C)O[Si](C)(C)O[Si](C)(C)O[Si](C)(C)O[Si](C)(C)O[Si](C)(CCc1ccccc1)O[Si](C)(CCc1ccccc1)O[Si](C)(C)C. The third-order valence-electron chi connectivity index (χ3n) is 18.2. The van der Waals surface area contributed by atoms with Crippen molar-refractivity contribution in [1.29, 1.82) is 0 Å². The van der Waals surface area contributed by atoms with E-state index in [1.807, 2.05) is 0 Å². The van der Waals surface area contributed by atoms with Crippen molar-refractivity contribution in [2.75, 3.05) is 0 Å². The summed E-state index contributed by atoms with van der Waals surface area (Å²) < 4.78 is 211. The van der Waals surface area contributed by atoms with Gasteiger partial charge in [0.15, 0.2) is 16.6 Å². The van der Waals surface area contributed by atoms with Crippen LogP contribution in [0.1, 0.15) is 11.1 Å². The van der Waals surface area contributed by atoms with Crippen molar-refractivity contribution in [1.82, 2.24) is 0 Å². The van der Waals surface area contributed by atoms with Gasteiger partial charge in [0.2, 0.25) is 0 Å². The zero-order valence-corrected chi connectivity index (χ0v) is 130. The molecule has 2 atom stereocenters. The Morgan fingerprint density at radius 2 is 0.216 bits per heavy atom. The lowest BCUT2D eigenvalue weighted by atomic mass is 10.2. The summed E-state index contributed by atoms with van der Waals surface area (Å²) >= 11 is 0. The molecular weight excluding hydrogens is 2290 g/mol. The van der Waals surface area contributed by atoms with Crippen LogP contribution < -0.4 is 0 Å². The fourth-order valence-electron chi connectivity index (χ4n) is 20.6. The quantitative estimate of drug-likeness (QED) is 0.0556. The van der Waals surface area contributed by atoms with Gasteiger partial charge in [0.25, 0.3) is 0 Å². The summed E-state index contributed by atoms with van der Waals surface area (Å²) in [6, 6.07) is 22.8. The number of aryl methyl sites for hydroxylation is 2. The molecule has 0 bridgehead atoms. The monoisotopic (exact) mass is 2490 g/mol. The first-order valence-corrected chi connectivity index (χ1v) is 137. The molecule has 2 aromatic rings. The van der Waals surface area contributed by atoms with E-state index >= 15 is 0 Å². The van der Waals surface area contributed by atoms with E-state index in [1.54, 1.807) is 0 Å². The van der Waals surface area contributed by atoms with Crippen LogP contribution >= 0.6 is 0 Å². The van der Waals surface area contributed by atoms with E-state index in [0.29, 0.717) is 0 Å². The second-order valence-corrected chi connectivity index (χ2v) is 165. The lowest BCUT2D eigenvalue weighted by molar-refractivity contribution is 0.242. The third-order valence-corrected chi connectivity index (χ3v) is 138. The van der Waals surface area contributed by atoms with Crippen LogP contribution in [0.3, 0.4) is 0 Å². The van der Waals surface area contributed by atoms with Crippen LogP contribution in [0.25, 0.3) is 0 Å². The van der Waals surface area contributed by atoms with E-state index in [9.17, 15) is 0 Å². The Balaban J connectivity index is 2.11. The summed E-state index contributed by atoms with van der Waals surface area (Å²) in [4.78, 5) is 0.